The number of thiol groups is 1. The summed E-state index contributed by atoms with van der Waals surface area (Å²) < 4.78 is 0. The van der Waals surface area contributed by atoms with E-state index in [1.54, 1.807) is 0 Å². The van der Waals surface area contributed by atoms with E-state index in [4.69, 9.17) is 0 Å². The molecule has 1 aromatic carbocycles. The van der Waals surface area contributed by atoms with Gasteiger partial charge in [-0.1, -0.05) is 18.2 Å². The van der Waals surface area contributed by atoms with Gasteiger partial charge in [-0.2, -0.15) is 12.6 Å². The number of anilines is 1. The molecule has 0 bridgehead atoms. The van der Waals surface area contributed by atoms with Gasteiger partial charge >= 0.3 is 0 Å². The van der Waals surface area contributed by atoms with Crippen LogP contribution in [0.3, 0.4) is 0 Å². The fourth-order valence-corrected chi connectivity index (χ4v) is 2.23. The van der Waals surface area contributed by atoms with Gasteiger partial charge in [-0.05, 0) is 24.5 Å². The molecule has 3 heteroatoms. The minimum absolute atomic E-state index is 0.231. The number of fused-ring (bicyclic) bond motifs is 1. The van der Waals surface area contributed by atoms with Crippen molar-refractivity contribution in [3.05, 3.63) is 29.8 Å². The van der Waals surface area contributed by atoms with Gasteiger partial charge in [0.2, 0.25) is 5.91 Å². The highest BCUT2D eigenvalue weighted by atomic mass is 32.1. The molecule has 0 aromatic heterocycles. The van der Waals surface area contributed by atoms with Crippen LogP contribution >= 0.6 is 12.6 Å². The molecule has 0 saturated carbocycles. The van der Waals surface area contributed by atoms with Gasteiger partial charge in [0.15, 0.2) is 0 Å². The van der Waals surface area contributed by atoms with Crippen molar-refractivity contribution >= 4 is 24.2 Å². The van der Waals surface area contributed by atoms with Crippen LogP contribution in [0.4, 0.5) is 5.69 Å². The summed E-state index contributed by atoms with van der Waals surface area (Å²) in [6, 6.07) is 8.16. The smallest absolute Gasteiger partial charge is 0.227 e. The third-order valence-corrected chi connectivity index (χ3v) is 2.94. The maximum Gasteiger partial charge on any atom is 0.227 e. The zero-order valence-electron chi connectivity index (χ0n) is 8.65. The first-order chi connectivity index (χ1) is 7.33. The van der Waals surface area contributed by atoms with E-state index in [-0.39, 0.29) is 5.91 Å². The average molecular weight is 221 g/mol. The molecule has 0 radical (unpaired) electrons. The van der Waals surface area contributed by atoms with E-state index < -0.39 is 0 Å². The van der Waals surface area contributed by atoms with Crippen LogP contribution in [0.15, 0.2) is 24.3 Å². The summed E-state index contributed by atoms with van der Waals surface area (Å²) in [6.07, 6.45) is 2.62. The fourth-order valence-electron chi connectivity index (χ4n) is 2.03. The average Bonchev–Trinajstić information content (AvgIpc) is 2.40. The Labute approximate surface area is 95.7 Å². The Morgan fingerprint density at radius 1 is 1.27 bits per heavy atom. The van der Waals surface area contributed by atoms with Crippen LogP contribution in [0.1, 0.15) is 18.4 Å². The summed E-state index contributed by atoms with van der Waals surface area (Å²) in [7, 11) is 0. The number of para-hydroxylation sites is 1. The van der Waals surface area contributed by atoms with Crippen molar-refractivity contribution in [3.8, 4) is 0 Å². The molecule has 1 amide bonds. The highest BCUT2D eigenvalue weighted by Gasteiger charge is 2.20. The number of hydrogen-bond donors (Lipinski definition) is 1. The Morgan fingerprint density at radius 3 is 2.87 bits per heavy atom. The lowest BCUT2D eigenvalue weighted by molar-refractivity contribution is -0.118. The summed E-state index contributed by atoms with van der Waals surface area (Å²) in [5, 5.41) is 0. The third-order valence-electron chi connectivity index (χ3n) is 2.74. The molecule has 2 nitrogen and oxygen atoms in total. The number of rotatable bonds is 2. The molecular formula is C12H15NOS. The number of carbonyl (C=O) groups excluding carboxylic acids is 1. The molecule has 0 atom stereocenters. The van der Waals surface area contributed by atoms with Crippen molar-refractivity contribution < 1.29 is 4.79 Å². The first kappa shape index (κ1) is 10.6. The summed E-state index contributed by atoms with van der Waals surface area (Å²) in [5.74, 6) is 0.939. The SMILES string of the molecule is O=C1CCCc2ccccc2N1CCS. The predicted molar refractivity (Wildman–Crippen MR) is 65.6 cm³/mol. The van der Waals surface area contributed by atoms with Gasteiger partial charge in [0.05, 0.1) is 0 Å². The van der Waals surface area contributed by atoms with Crippen molar-refractivity contribution in [2.45, 2.75) is 19.3 Å². The standard InChI is InChI=1S/C12H15NOS/c14-12-7-3-5-10-4-1-2-6-11(10)13(12)8-9-15/h1-2,4,6,15H,3,5,7-9H2. The van der Waals surface area contributed by atoms with Crippen LogP contribution in [-0.2, 0) is 11.2 Å². The van der Waals surface area contributed by atoms with Crippen LogP contribution < -0.4 is 4.90 Å². The molecule has 15 heavy (non-hydrogen) atoms. The van der Waals surface area contributed by atoms with E-state index in [0.717, 1.165) is 18.5 Å². The molecular weight excluding hydrogens is 206 g/mol. The van der Waals surface area contributed by atoms with E-state index in [9.17, 15) is 4.79 Å². The number of carbonyl (C=O) groups is 1. The number of nitrogens with zero attached hydrogens (tertiary/aromatic N) is 1. The van der Waals surface area contributed by atoms with Gasteiger partial charge in [0.1, 0.15) is 0 Å². The largest absolute Gasteiger partial charge is 0.311 e. The molecule has 0 fully saturated rings. The molecule has 0 aliphatic carbocycles. The van der Waals surface area contributed by atoms with Gasteiger partial charge in [-0.3, -0.25) is 4.79 Å². The zero-order chi connectivity index (χ0) is 10.7. The van der Waals surface area contributed by atoms with Crippen LogP contribution in [0.25, 0.3) is 0 Å². The van der Waals surface area contributed by atoms with Gasteiger partial charge in [0.25, 0.3) is 0 Å². The molecule has 80 valence electrons. The van der Waals surface area contributed by atoms with E-state index in [2.05, 4.69) is 18.7 Å². The lowest BCUT2D eigenvalue weighted by Gasteiger charge is -2.21. The molecule has 2 rings (SSSR count). The van der Waals surface area contributed by atoms with E-state index in [1.807, 2.05) is 23.1 Å². The number of hydrogen-bond acceptors (Lipinski definition) is 2. The number of benzene rings is 1. The van der Waals surface area contributed by atoms with Crippen molar-refractivity contribution in [1.29, 1.82) is 0 Å². The molecule has 1 aliphatic rings. The van der Waals surface area contributed by atoms with Crippen LogP contribution in [0.5, 0.6) is 0 Å². The highest BCUT2D eigenvalue weighted by Crippen LogP contribution is 2.26. The molecule has 1 aliphatic heterocycles. The van der Waals surface area contributed by atoms with Crippen LogP contribution in [0.2, 0.25) is 0 Å². The van der Waals surface area contributed by atoms with Gasteiger partial charge in [-0.15, -0.1) is 0 Å². The second-order valence-corrected chi connectivity index (χ2v) is 4.20. The Morgan fingerprint density at radius 2 is 2.07 bits per heavy atom. The van der Waals surface area contributed by atoms with E-state index in [0.29, 0.717) is 18.7 Å². The van der Waals surface area contributed by atoms with Crippen molar-refractivity contribution in [1.82, 2.24) is 0 Å². The molecule has 1 aromatic rings. The number of amides is 1. The maximum atomic E-state index is 11.9. The monoisotopic (exact) mass is 221 g/mol. The Hall–Kier alpha value is -0.960. The van der Waals surface area contributed by atoms with Crippen molar-refractivity contribution in [3.63, 3.8) is 0 Å². The quantitative estimate of drug-likeness (QED) is 0.760. The molecule has 0 N–H and O–H groups in total. The predicted octanol–water partition coefficient (Wildman–Crippen LogP) is 2.29. The normalized spacial score (nSPS) is 16.1. The van der Waals surface area contributed by atoms with Gasteiger partial charge in [0, 0.05) is 24.4 Å². The Kier molecular flexibility index (Phi) is 3.31. The fraction of sp³-hybridized carbons (Fsp3) is 0.417. The highest BCUT2D eigenvalue weighted by molar-refractivity contribution is 7.80. The third kappa shape index (κ3) is 2.17. The first-order valence-corrected chi connectivity index (χ1v) is 5.95. The summed E-state index contributed by atoms with van der Waals surface area (Å²) in [6.45, 7) is 0.707. The minimum atomic E-state index is 0.231. The van der Waals surface area contributed by atoms with E-state index >= 15 is 0 Å². The second kappa shape index (κ2) is 4.71. The van der Waals surface area contributed by atoms with Crippen molar-refractivity contribution in [2.75, 3.05) is 17.2 Å². The molecule has 0 spiro atoms. The maximum absolute atomic E-state index is 11.9. The van der Waals surface area contributed by atoms with Gasteiger partial charge in [-0.25, -0.2) is 0 Å². The van der Waals surface area contributed by atoms with E-state index in [1.165, 1.54) is 5.56 Å². The van der Waals surface area contributed by atoms with Crippen LogP contribution in [-0.4, -0.2) is 18.2 Å². The summed E-state index contributed by atoms with van der Waals surface area (Å²) in [5.41, 5.74) is 2.36. The Balaban J connectivity index is 2.38. The second-order valence-electron chi connectivity index (χ2n) is 3.75. The van der Waals surface area contributed by atoms with Gasteiger partial charge < -0.3 is 4.90 Å². The number of aryl methyl sites for hydroxylation is 1. The molecule has 0 unspecified atom stereocenters. The Bertz CT molecular complexity index is 364. The lowest BCUT2D eigenvalue weighted by atomic mass is 10.1. The lowest BCUT2D eigenvalue weighted by Crippen LogP contribution is -2.31. The minimum Gasteiger partial charge on any atom is -0.311 e. The topological polar surface area (TPSA) is 20.3 Å². The summed E-state index contributed by atoms with van der Waals surface area (Å²) >= 11 is 4.20. The van der Waals surface area contributed by atoms with Crippen LogP contribution in [0, 0.1) is 0 Å². The molecule has 1 heterocycles. The van der Waals surface area contributed by atoms with Crippen molar-refractivity contribution in [2.24, 2.45) is 0 Å². The first-order valence-electron chi connectivity index (χ1n) is 5.32. The summed E-state index contributed by atoms with van der Waals surface area (Å²) in [4.78, 5) is 13.7. The molecule has 0 saturated heterocycles. The zero-order valence-corrected chi connectivity index (χ0v) is 9.54.